The average molecular weight is 170 g/mol. The molecule has 0 bridgehead atoms. The zero-order valence-corrected chi connectivity index (χ0v) is 6.17. The Morgan fingerprint density at radius 2 is 2.08 bits per heavy atom. The largest absolute Gasteiger partial charge is 0.635 e. The summed E-state index contributed by atoms with van der Waals surface area (Å²) in [6.45, 7) is -0.433. The highest BCUT2D eigenvalue weighted by molar-refractivity contribution is 6.32. The van der Waals surface area contributed by atoms with E-state index in [0.29, 0.717) is 0 Å². The molecule has 0 rings (SSSR count). The van der Waals surface area contributed by atoms with E-state index in [-0.39, 0.29) is 6.42 Å². The summed E-state index contributed by atoms with van der Waals surface area (Å²) in [4.78, 5) is 0. The number of nitriles is 2. The molecule has 0 aromatic heterocycles. The van der Waals surface area contributed by atoms with Crippen LogP contribution in [0.1, 0.15) is 6.42 Å². The summed E-state index contributed by atoms with van der Waals surface area (Å²) in [5, 5.41) is 32.8. The highest BCUT2D eigenvalue weighted by Crippen LogP contribution is 1.95. The van der Waals surface area contributed by atoms with Crippen LogP contribution in [0.15, 0.2) is 0 Å². The van der Waals surface area contributed by atoms with E-state index in [1.807, 2.05) is 0 Å². The van der Waals surface area contributed by atoms with E-state index < -0.39 is 20.2 Å². The van der Waals surface area contributed by atoms with E-state index in [1.165, 1.54) is 0 Å². The van der Waals surface area contributed by atoms with Crippen LogP contribution in [0.3, 0.4) is 0 Å². The maximum Gasteiger partial charge on any atom is 0.635 e. The Hall–Kier alpha value is -1.12. The summed E-state index contributed by atoms with van der Waals surface area (Å²) >= 11 is 0. The molecular formula is C5H7BN2O4. The predicted octanol–water partition coefficient (Wildman–Crippen LogP) is -1.25. The van der Waals surface area contributed by atoms with Gasteiger partial charge in [0.25, 0.3) is 0 Å². The molecule has 0 spiro atoms. The van der Waals surface area contributed by atoms with Gasteiger partial charge in [-0.3, -0.25) is 0 Å². The summed E-state index contributed by atoms with van der Waals surface area (Å²) in [5.41, 5.74) is 0. The van der Waals surface area contributed by atoms with Crippen molar-refractivity contribution in [1.82, 2.24) is 0 Å². The van der Waals surface area contributed by atoms with E-state index in [0.717, 1.165) is 0 Å². The molecule has 6 nitrogen and oxygen atoms in total. The van der Waals surface area contributed by atoms with Crippen LogP contribution >= 0.6 is 0 Å². The monoisotopic (exact) mass is 170 g/mol. The minimum absolute atomic E-state index is 0.0820. The van der Waals surface area contributed by atoms with Crippen molar-refractivity contribution in [1.29, 1.82) is 10.5 Å². The van der Waals surface area contributed by atoms with Crippen LogP contribution in [0.25, 0.3) is 0 Å². The van der Waals surface area contributed by atoms with Crippen molar-refractivity contribution in [2.24, 2.45) is 0 Å². The third-order valence-electron chi connectivity index (χ3n) is 0.907. The maximum atomic E-state index is 8.32. The van der Waals surface area contributed by atoms with Crippen LogP contribution in [-0.2, 0) is 9.39 Å². The van der Waals surface area contributed by atoms with Crippen molar-refractivity contribution in [3.8, 4) is 12.1 Å². The Balaban J connectivity index is 3.48. The van der Waals surface area contributed by atoms with E-state index in [1.54, 1.807) is 12.1 Å². The summed E-state index contributed by atoms with van der Waals surface area (Å²) in [5.74, 6) is 0. The second kappa shape index (κ2) is 6.59. The van der Waals surface area contributed by atoms with Crippen molar-refractivity contribution in [2.75, 3.05) is 6.79 Å². The predicted molar refractivity (Wildman–Crippen MR) is 36.9 cm³/mol. The molecule has 7 heteroatoms. The van der Waals surface area contributed by atoms with Gasteiger partial charge in [-0.25, -0.2) is 0 Å². The number of hydrogen-bond donors (Lipinski definition) is 2. The fraction of sp³-hybridized carbons (Fsp3) is 0.600. The van der Waals surface area contributed by atoms with Gasteiger partial charge in [0.15, 0.2) is 6.10 Å². The van der Waals surface area contributed by atoms with Gasteiger partial charge in [-0.05, 0) is 0 Å². The van der Waals surface area contributed by atoms with Crippen LogP contribution in [0.2, 0.25) is 0 Å². The van der Waals surface area contributed by atoms with E-state index in [9.17, 15) is 0 Å². The molecule has 0 radical (unpaired) electrons. The van der Waals surface area contributed by atoms with Gasteiger partial charge in [-0.1, -0.05) is 0 Å². The van der Waals surface area contributed by atoms with Gasteiger partial charge < -0.3 is 19.4 Å². The first-order valence-corrected chi connectivity index (χ1v) is 3.06. The molecule has 12 heavy (non-hydrogen) atoms. The summed E-state index contributed by atoms with van der Waals surface area (Å²) in [7, 11) is -1.92. The first-order chi connectivity index (χ1) is 5.70. The van der Waals surface area contributed by atoms with Crippen molar-refractivity contribution < 1.29 is 19.4 Å². The molecular weight excluding hydrogens is 163 g/mol. The van der Waals surface area contributed by atoms with Crippen LogP contribution in [0.5, 0.6) is 0 Å². The summed E-state index contributed by atoms with van der Waals surface area (Å²) < 4.78 is 8.77. The molecule has 64 valence electrons. The minimum atomic E-state index is -1.92. The molecule has 1 unspecified atom stereocenters. The molecule has 0 aliphatic heterocycles. The van der Waals surface area contributed by atoms with Crippen LogP contribution in [0.4, 0.5) is 0 Å². The van der Waals surface area contributed by atoms with E-state index in [2.05, 4.69) is 9.39 Å². The molecule has 0 aliphatic rings. The standard InChI is InChI=1S/C5H7BN2O4/c7-2-1-5(3-8)11-4-12-6(9)10/h5,9-10H,1,4H2. The lowest BCUT2D eigenvalue weighted by Gasteiger charge is -2.06. The highest BCUT2D eigenvalue weighted by Gasteiger charge is 2.11. The lowest BCUT2D eigenvalue weighted by molar-refractivity contribution is -0.0325. The SMILES string of the molecule is N#CCC(C#N)OCOB(O)O. The average Bonchev–Trinajstić information content (AvgIpc) is 2.02. The fourth-order valence-electron chi connectivity index (χ4n) is 0.407. The van der Waals surface area contributed by atoms with Crippen LogP contribution < -0.4 is 0 Å². The topological polar surface area (TPSA) is 107 Å². The summed E-state index contributed by atoms with van der Waals surface area (Å²) in [6.07, 6.45) is -0.977. The Bertz CT molecular complexity index is 197. The van der Waals surface area contributed by atoms with Crippen LogP contribution in [0, 0.1) is 22.7 Å². The van der Waals surface area contributed by atoms with Gasteiger partial charge in [-0.2, -0.15) is 10.5 Å². The number of hydrogen-bond acceptors (Lipinski definition) is 6. The van der Waals surface area contributed by atoms with E-state index in [4.69, 9.17) is 20.6 Å². The zero-order chi connectivity index (χ0) is 9.40. The van der Waals surface area contributed by atoms with Crippen molar-refractivity contribution in [2.45, 2.75) is 12.5 Å². The van der Waals surface area contributed by atoms with Gasteiger partial charge in [0.1, 0.15) is 6.79 Å². The maximum absolute atomic E-state index is 8.32. The lowest BCUT2D eigenvalue weighted by Crippen LogP contribution is -2.21. The molecule has 0 heterocycles. The van der Waals surface area contributed by atoms with E-state index >= 15 is 0 Å². The lowest BCUT2D eigenvalue weighted by atomic mass is 10.3. The number of ether oxygens (including phenoxy) is 1. The van der Waals surface area contributed by atoms with Gasteiger partial charge in [0.05, 0.1) is 18.6 Å². The normalized spacial score (nSPS) is 11.3. The third kappa shape index (κ3) is 5.65. The first-order valence-electron chi connectivity index (χ1n) is 3.06. The van der Waals surface area contributed by atoms with Gasteiger partial charge >= 0.3 is 7.32 Å². The summed E-state index contributed by atoms with van der Waals surface area (Å²) in [6, 6.07) is 3.42. The highest BCUT2D eigenvalue weighted by atomic mass is 16.7. The second-order valence-electron chi connectivity index (χ2n) is 1.76. The first kappa shape index (κ1) is 10.9. The molecule has 1 atom stereocenters. The minimum Gasteiger partial charge on any atom is -0.402 e. The van der Waals surface area contributed by atoms with Crippen molar-refractivity contribution in [3.05, 3.63) is 0 Å². The fourth-order valence-corrected chi connectivity index (χ4v) is 0.407. The molecule has 0 saturated heterocycles. The van der Waals surface area contributed by atoms with Crippen molar-refractivity contribution >= 4 is 7.32 Å². The molecule has 0 amide bonds. The molecule has 0 aromatic rings. The van der Waals surface area contributed by atoms with Gasteiger partial charge in [-0.15, -0.1) is 0 Å². The molecule has 0 fully saturated rings. The quantitative estimate of drug-likeness (QED) is 0.394. The van der Waals surface area contributed by atoms with Crippen LogP contribution in [-0.4, -0.2) is 30.3 Å². The smallest absolute Gasteiger partial charge is 0.402 e. The van der Waals surface area contributed by atoms with Gasteiger partial charge in [0, 0.05) is 0 Å². The molecule has 2 N–H and O–H groups in total. The van der Waals surface area contributed by atoms with Gasteiger partial charge in [0.2, 0.25) is 0 Å². The second-order valence-corrected chi connectivity index (χ2v) is 1.76. The van der Waals surface area contributed by atoms with Crippen molar-refractivity contribution in [3.63, 3.8) is 0 Å². The molecule has 0 saturated carbocycles. The molecule has 0 aliphatic carbocycles. The Morgan fingerprint density at radius 1 is 1.42 bits per heavy atom. The number of rotatable bonds is 5. The number of nitrogens with zero attached hydrogens (tertiary/aromatic N) is 2. The molecule has 0 aromatic carbocycles. The zero-order valence-electron chi connectivity index (χ0n) is 6.17. The Labute approximate surface area is 69.7 Å². The Morgan fingerprint density at radius 3 is 2.50 bits per heavy atom. The Kier molecular flexibility index (Phi) is 5.97. The third-order valence-corrected chi connectivity index (χ3v) is 0.907.